The van der Waals surface area contributed by atoms with Gasteiger partial charge in [-0.05, 0) is 72.6 Å². The second-order valence-corrected chi connectivity index (χ2v) is 7.50. The van der Waals surface area contributed by atoms with Gasteiger partial charge in [0.2, 0.25) is 5.91 Å². The summed E-state index contributed by atoms with van der Waals surface area (Å²) in [4.78, 5) is 15.0. The summed E-state index contributed by atoms with van der Waals surface area (Å²) in [5, 5.41) is 11.8. The molecule has 0 unspecified atom stereocenters. The minimum atomic E-state index is 0.237. The number of hydrogen-bond acceptors (Lipinski definition) is 4. The van der Waals surface area contributed by atoms with Crippen LogP contribution >= 0.6 is 0 Å². The maximum Gasteiger partial charge on any atom is 0.252 e. The molecular formula is C15H21N5O. The molecule has 1 aromatic heterocycles. The Hall–Kier alpha value is -1.46. The average molecular weight is 287 g/mol. The lowest BCUT2D eigenvalue weighted by Crippen LogP contribution is -2.53. The Balaban J connectivity index is 1.45. The Morgan fingerprint density at radius 1 is 1.00 bits per heavy atom. The highest BCUT2D eigenvalue weighted by Gasteiger charge is 2.52. The third kappa shape index (κ3) is 1.71. The maximum atomic E-state index is 13.2. The Bertz CT molecular complexity index is 554. The molecule has 4 aliphatic carbocycles. The highest BCUT2D eigenvalue weighted by molar-refractivity contribution is 5.94. The van der Waals surface area contributed by atoms with Crippen LogP contribution in [0.2, 0.25) is 0 Å². The first-order chi connectivity index (χ1) is 10.3. The number of nitrogens with zero attached hydrogens (tertiary/aromatic N) is 5. The Morgan fingerprint density at radius 2 is 1.71 bits per heavy atom. The van der Waals surface area contributed by atoms with Crippen molar-refractivity contribution in [3.63, 3.8) is 0 Å². The fraction of sp³-hybridized carbons (Fsp3) is 0.867. The summed E-state index contributed by atoms with van der Waals surface area (Å²) in [7, 11) is 0. The van der Waals surface area contributed by atoms with Gasteiger partial charge in [-0.1, -0.05) is 5.10 Å². The summed E-state index contributed by atoms with van der Waals surface area (Å²) in [6.07, 6.45) is 7.50. The van der Waals surface area contributed by atoms with Crippen molar-refractivity contribution in [2.24, 2.45) is 29.6 Å². The van der Waals surface area contributed by atoms with Gasteiger partial charge in [-0.25, -0.2) is 4.68 Å². The predicted molar refractivity (Wildman–Crippen MR) is 75.3 cm³/mol. The summed E-state index contributed by atoms with van der Waals surface area (Å²) < 4.78 is 1.78. The van der Waals surface area contributed by atoms with Gasteiger partial charge in [0.25, 0.3) is 5.95 Å². The lowest BCUT2D eigenvalue weighted by Gasteiger charge is -2.54. The molecule has 6 nitrogen and oxygen atoms in total. The smallest absolute Gasteiger partial charge is 0.252 e. The van der Waals surface area contributed by atoms with E-state index < -0.39 is 0 Å². The first kappa shape index (κ1) is 12.1. The first-order valence-corrected chi connectivity index (χ1v) is 8.37. The summed E-state index contributed by atoms with van der Waals surface area (Å²) in [6, 6.07) is 0. The van der Waals surface area contributed by atoms with Crippen LogP contribution < -0.4 is 4.90 Å². The molecule has 21 heavy (non-hydrogen) atoms. The van der Waals surface area contributed by atoms with E-state index in [2.05, 4.69) is 15.5 Å². The minimum Gasteiger partial charge on any atom is -0.279 e. The standard InChI is InChI=1S/C15H21N5O/c21-14(19-2-1-3-20-15(19)16-17-18-20)13-11-5-9-4-10(7-11)8-12(13)6-9/h9-13H,1-8H2. The maximum absolute atomic E-state index is 13.2. The van der Waals surface area contributed by atoms with Gasteiger partial charge in [0.1, 0.15) is 0 Å². The van der Waals surface area contributed by atoms with Crippen LogP contribution in [0.15, 0.2) is 0 Å². The van der Waals surface area contributed by atoms with Crippen molar-refractivity contribution in [3.8, 4) is 0 Å². The van der Waals surface area contributed by atoms with Crippen LogP contribution in [0.3, 0.4) is 0 Å². The number of carbonyl (C=O) groups is 1. The molecule has 1 amide bonds. The largest absolute Gasteiger partial charge is 0.279 e. The molecule has 4 bridgehead atoms. The summed E-state index contributed by atoms with van der Waals surface area (Å²) >= 11 is 0. The fourth-order valence-electron chi connectivity index (χ4n) is 5.73. The van der Waals surface area contributed by atoms with E-state index in [0.717, 1.165) is 31.3 Å². The van der Waals surface area contributed by atoms with E-state index in [1.807, 2.05) is 4.90 Å². The van der Waals surface area contributed by atoms with Crippen LogP contribution in [0, 0.1) is 29.6 Å². The number of aromatic nitrogens is 4. The fourth-order valence-corrected chi connectivity index (χ4v) is 5.73. The summed E-state index contributed by atoms with van der Waals surface area (Å²) in [5.41, 5.74) is 0. The van der Waals surface area contributed by atoms with E-state index in [1.165, 1.54) is 32.1 Å². The molecule has 1 aromatic rings. The number of anilines is 1. The zero-order valence-corrected chi connectivity index (χ0v) is 12.2. The Kier molecular flexibility index (Phi) is 2.47. The van der Waals surface area contributed by atoms with Crippen LogP contribution in [0.4, 0.5) is 5.95 Å². The third-order valence-corrected chi connectivity index (χ3v) is 6.28. The van der Waals surface area contributed by atoms with E-state index in [0.29, 0.717) is 23.7 Å². The molecule has 112 valence electrons. The van der Waals surface area contributed by atoms with Gasteiger partial charge >= 0.3 is 0 Å². The zero-order chi connectivity index (χ0) is 14.0. The van der Waals surface area contributed by atoms with Crippen molar-refractivity contribution in [2.45, 2.75) is 45.1 Å². The van der Waals surface area contributed by atoms with Crippen LogP contribution in [0.25, 0.3) is 0 Å². The van der Waals surface area contributed by atoms with E-state index >= 15 is 0 Å². The lowest BCUT2D eigenvalue weighted by molar-refractivity contribution is -0.135. The highest BCUT2D eigenvalue weighted by atomic mass is 16.2. The van der Waals surface area contributed by atoms with E-state index in [9.17, 15) is 4.79 Å². The second kappa shape index (κ2) is 4.27. The van der Waals surface area contributed by atoms with Crippen molar-refractivity contribution in [1.29, 1.82) is 0 Å². The topological polar surface area (TPSA) is 63.9 Å². The first-order valence-electron chi connectivity index (χ1n) is 8.37. The number of aryl methyl sites for hydroxylation is 1. The summed E-state index contributed by atoms with van der Waals surface area (Å²) in [5.74, 6) is 4.27. The lowest BCUT2D eigenvalue weighted by atomic mass is 9.51. The molecule has 4 fully saturated rings. The third-order valence-electron chi connectivity index (χ3n) is 6.28. The van der Waals surface area contributed by atoms with Gasteiger partial charge in [0.15, 0.2) is 0 Å². The van der Waals surface area contributed by atoms with Gasteiger partial charge in [-0.3, -0.25) is 9.69 Å². The summed E-state index contributed by atoms with van der Waals surface area (Å²) in [6.45, 7) is 1.61. The van der Waals surface area contributed by atoms with Crippen molar-refractivity contribution in [3.05, 3.63) is 0 Å². The van der Waals surface area contributed by atoms with Gasteiger partial charge < -0.3 is 0 Å². The molecule has 0 N–H and O–H groups in total. The van der Waals surface area contributed by atoms with Gasteiger partial charge in [0.05, 0.1) is 0 Å². The molecule has 0 atom stereocenters. The molecular weight excluding hydrogens is 266 g/mol. The number of amides is 1. The van der Waals surface area contributed by atoms with Gasteiger partial charge in [-0.15, -0.1) is 0 Å². The molecule has 5 aliphatic rings. The molecule has 0 spiro atoms. The molecule has 0 saturated heterocycles. The molecule has 6 heteroatoms. The zero-order valence-electron chi connectivity index (χ0n) is 12.2. The molecule has 0 radical (unpaired) electrons. The average Bonchev–Trinajstić information content (AvgIpc) is 2.94. The monoisotopic (exact) mass is 287 g/mol. The van der Waals surface area contributed by atoms with Gasteiger partial charge in [-0.2, -0.15) is 0 Å². The van der Waals surface area contributed by atoms with Crippen molar-refractivity contribution in [1.82, 2.24) is 20.2 Å². The van der Waals surface area contributed by atoms with Gasteiger partial charge in [0, 0.05) is 19.0 Å². The quantitative estimate of drug-likeness (QED) is 0.785. The second-order valence-electron chi connectivity index (χ2n) is 7.50. The number of fused-ring (bicyclic) bond motifs is 1. The highest BCUT2D eigenvalue weighted by Crippen LogP contribution is 2.57. The molecule has 1 aliphatic heterocycles. The number of hydrogen-bond donors (Lipinski definition) is 0. The number of tetrazole rings is 1. The van der Waals surface area contributed by atoms with E-state index in [4.69, 9.17) is 0 Å². The normalized spacial score (nSPS) is 40.4. The van der Waals surface area contributed by atoms with Crippen LogP contribution in [0.1, 0.15) is 38.5 Å². The van der Waals surface area contributed by atoms with E-state index in [1.54, 1.807) is 4.68 Å². The van der Waals surface area contributed by atoms with Crippen molar-refractivity contribution >= 4 is 11.9 Å². The van der Waals surface area contributed by atoms with Crippen molar-refractivity contribution < 1.29 is 4.79 Å². The minimum absolute atomic E-state index is 0.237. The van der Waals surface area contributed by atoms with Crippen LogP contribution in [0.5, 0.6) is 0 Å². The Morgan fingerprint density at radius 3 is 2.43 bits per heavy atom. The van der Waals surface area contributed by atoms with E-state index in [-0.39, 0.29) is 5.92 Å². The van der Waals surface area contributed by atoms with Crippen molar-refractivity contribution in [2.75, 3.05) is 11.4 Å². The molecule has 4 saturated carbocycles. The number of carbonyl (C=O) groups excluding carboxylic acids is 1. The number of rotatable bonds is 1. The SMILES string of the molecule is O=C(C1C2CC3CC(C2)CC1C3)N1CCCn2nnnc21. The predicted octanol–water partition coefficient (Wildman–Crippen LogP) is 1.48. The van der Waals surface area contributed by atoms with Crippen LogP contribution in [-0.4, -0.2) is 32.7 Å². The molecule has 2 heterocycles. The molecule has 6 rings (SSSR count). The molecule has 0 aromatic carbocycles. The Labute approximate surface area is 123 Å². The van der Waals surface area contributed by atoms with Crippen LogP contribution in [-0.2, 0) is 11.3 Å².